The Balaban J connectivity index is 1.73. The molecular weight excluding hydrogens is 300 g/mol. The van der Waals surface area contributed by atoms with E-state index >= 15 is 0 Å². The van der Waals surface area contributed by atoms with Crippen LogP contribution in [0.2, 0.25) is 0 Å². The van der Waals surface area contributed by atoms with Crippen molar-refractivity contribution >= 4 is 27.7 Å². The summed E-state index contributed by atoms with van der Waals surface area (Å²) in [5, 5.41) is 5.17. The zero-order valence-corrected chi connectivity index (χ0v) is 14.1. The van der Waals surface area contributed by atoms with Crippen LogP contribution in [0.3, 0.4) is 0 Å². The molecular formula is C19H24N4O. The average Bonchev–Trinajstić information content (AvgIpc) is 2.90. The normalized spacial score (nSPS) is 11.2. The van der Waals surface area contributed by atoms with Crippen LogP contribution in [-0.2, 0) is 7.05 Å². The van der Waals surface area contributed by atoms with Gasteiger partial charge in [-0.1, -0.05) is 31.0 Å². The molecule has 3 rings (SSSR count). The van der Waals surface area contributed by atoms with Gasteiger partial charge in [0.1, 0.15) is 5.69 Å². The molecule has 0 fully saturated rings. The minimum atomic E-state index is -0.108. The molecule has 3 N–H and O–H groups in total. The highest BCUT2D eigenvalue weighted by Gasteiger charge is 2.12. The molecule has 0 aliphatic rings. The molecule has 2 aromatic heterocycles. The van der Waals surface area contributed by atoms with Crippen LogP contribution in [0.25, 0.3) is 21.8 Å². The fourth-order valence-electron chi connectivity index (χ4n) is 3.09. The molecule has 0 saturated carbocycles. The molecule has 5 heteroatoms. The third-order valence-electron chi connectivity index (χ3n) is 4.45. The van der Waals surface area contributed by atoms with Gasteiger partial charge in [0.05, 0.1) is 11.7 Å². The summed E-state index contributed by atoms with van der Waals surface area (Å²) in [5.41, 5.74) is 8.13. The lowest BCUT2D eigenvalue weighted by atomic mass is 10.1. The van der Waals surface area contributed by atoms with Crippen molar-refractivity contribution in [3.05, 3.63) is 42.2 Å². The molecule has 3 aromatic rings. The lowest BCUT2D eigenvalue weighted by molar-refractivity contribution is 0.0948. The highest BCUT2D eigenvalue weighted by molar-refractivity contribution is 6.09. The largest absolute Gasteiger partial charge is 0.351 e. The number of nitrogens with one attached hydrogen (secondary N) is 1. The second-order valence-corrected chi connectivity index (χ2v) is 6.12. The number of unbranched alkanes of at least 4 members (excludes halogenated alkanes) is 3. The molecule has 5 nitrogen and oxygen atoms in total. The number of amides is 1. The van der Waals surface area contributed by atoms with Crippen LogP contribution >= 0.6 is 0 Å². The van der Waals surface area contributed by atoms with Gasteiger partial charge in [-0.3, -0.25) is 4.79 Å². The first-order chi connectivity index (χ1) is 11.7. The third kappa shape index (κ3) is 3.26. The third-order valence-corrected chi connectivity index (χ3v) is 4.45. The van der Waals surface area contributed by atoms with Crippen LogP contribution in [0.4, 0.5) is 0 Å². The number of para-hydroxylation sites is 1. The van der Waals surface area contributed by atoms with Crippen LogP contribution in [0.5, 0.6) is 0 Å². The molecule has 0 spiro atoms. The Labute approximate surface area is 141 Å². The van der Waals surface area contributed by atoms with E-state index in [4.69, 9.17) is 5.73 Å². The van der Waals surface area contributed by atoms with E-state index in [0.717, 1.165) is 54.0 Å². The Kier molecular flexibility index (Phi) is 5.11. The smallest absolute Gasteiger partial charge is 0.269 e. The predicted molar refractivity (Wildman–Crippen MR) is 98.1 cm³/mol. The number of nitrogens with zero attached hydrogens (tertiary/aromatic N) is 2. The zero-order valence-electron chi connectivity index (χ0n) is 14.1. The lowest BCUT2D eigenvalue weighted by Crippen LogP contribution is -2.25. The van der Waals surface area contributed by atoms with Crippen LogP contribution in [0, 0.1) is 0 Å². The van der Waals surface area contributed by atoms with Crippen molar-refractivity contribution in [2.45, 2.75) is 25.7 Å². The van der Waals surface area contributed by atoms with Crippen molar-refractivity contribution in [3.63, 3.8) is 0 Å². The Morgan fingerprint density at radius 3 is 2.75 bits per heavy atom. The number of carbonyl (C=O) groups is 1. The summed E-state index contributed by atoms with van der Waals surface area (Å²) < 4.78 is 2.11. The summed E-state index contributed by atoms with van der Waals surface area (Å²) in [6.07, 6.45) is 6.01. The minimum absolute atomic E-state index is 0.108. The van der Waals surface area contributed by atoms with E-state index < -0.39 is 0 Å². The van der Waals surface area contributed by atoms with Gasteiger partial charge in [-0.2, -0.15) is 0 Å². The maximum atomic E-state index is 12.3. The SMILES string of the molecule is Cn1c2ccccc2c2cc(C(=O)NCCCCCCN)ncc21. The van der Waals surface area contributed by atoms with E-state index in [9.17, 15) is 4.79 Å². The standard InChI is InChI=1S/C19H24N4O/c1-23-17-9-5-4-8-14(17)15-12-16(22-13-18(15)23)19(24)21-11-7-3-2-6-10-20/h4-5,8-9,12-13H,2-3,6-7,10-11,20H2,1H3,(H,21,24). The number of aryl methyl sites for hydroxylation is 1. The number of hydrogen-bond acceptors (Lipinski definition) is 3. The van der Waals surface area contributed by atoms with E-state index in [2.05, 4.69) is 27.0 Å². The van der Waals surface area contributed by atoms with Crippen molar-refractivity contribution in [3.8, 4) is 0 Å². The summed E-state index contributed by atoms with van der Waals surface area (Å²) in [7, 11) is 2.02. The molecule has 0 aliphatic heterocycles. The van der Waals surface area contributed by atoms with Crippen molar-refractivity contribution in [2.75, 3.05) is 13.1 Å². The van der Waals surface area contributed by atoms with Gasteiger partial charge >= 0.3 is 0 Å². The van der Waals surface area contributed by atoms with Gasteiger partial charge in [0.15, 0.2) is 0 Å². The predicted octanol–water partition coefficient (Wildman–Crippen LogP) is 2.98. The number of fused-ring (bicyclic) bond motifs is 3. The second kappa shape index (κ2) is 7.45. The highest BCUT2D eigenvalue weighted by Crippen LogP contribution is 2.27. The monoisotopic (exact) mass is 324 g/mol. The highest BCUT2D eigenvalue weighted by atomic mass is 16.1. The van der Waals surface area contributed by atoms with E-state index in [-0.39, 0.29) is 5.91 Å². The molecule has 0 aliphatic carbocycles. The van der Waals surface area contributed by atoms with Crippen molar-refractivity contribution in [2.24, 2.45) is 12.8 Å². The van der Waals surface area contributed by atoms with Gasteiger partial charge in [0.2, 0.25) is 0 Å². The van der Waals surface area contributed by atoms with E-state index in [0.29, 0.717) is 12.2 Å². The fraction of sp³-hybridized carbons (Fsp3) is 0.368. The summed E-state index contributed by atoms with van der Waals surface area (Å²) >= 11 is 0. The molecule has 2 heterocycles. The lowest BCUT2D eigenvalue weighted by Gasteiger charge is -2.05. The Hall–Kier alpha value is -2.40. The summed E-state index contributed by atoms with van der Waals surface area (Å²) in [5.74, 6) is -0.108. The number of rotatable bonds is 7. The molecule has 0 bridgehead atoms. The van der Waals surface area contributed by atoms with Gasteiger partial charge in [0.25, 0.3) is 5.91 Å². The second-order valence-electron chi connectivity index (χ2n) is 6.12. The first kappa shape index (κ1) is 16.5. The number of nitrogens with two attached hydrogens (primary N) is 1. The maximum Gasteiger partial charge on any atom is 0.269 e. The van der Waals surface area contributed by atoms with Gasteiger partial charge in [-0.15, -0.1) is 0 Å². The van der Waals surface area contributed by atoms with Crippen molar-refractivity contribution in [1.29, 1.82) is 0 Å². The average molecular weight is 324 g/mol. The summed E-state index contributed by atoms with van der Waals surface area (Å²) in [6, 6.07) is 10.1. The molecule has 1 amide bonds. The first-order valence-electron chi connectivity index (χ1n) is 8.54. The number of hydrogen-bond donors (Lipinski definition) is 2. The maximum absolute atomic E-state index is 12.3. The quantitative estimate of drug-likeness (QED) is 0.656. The Morgan fingerprint density at radius 1 is 1.12 bits per heavy atom. The molecule has 0 unspecified atom stereocenters. The van der Waals surface area contributed by atoms with Crippen LogP contribution in [0.1, 0.15) is 36.2 Å². The number of benzene rings is 1. The number of pyridine rings is 1. The molecule has 126 valence electrons. The number of carbonyl (C=O) groups excluding carboxylic acids is 1. The zero-order chi connectivity index (χ0) is 16.9. The number of aromatic nitrogens is 2. The molecule has 0 atom stereocenters. The van der Waals surface area contributed by atoms with Gasteiger partial charge in [-0.05, 0) is 31.5 Å². The van der Waals surface area contributed by atoms with Crippen LogP contribution in [-0.4, -0.2) is 28.5 Å². The van der Waals surface area contributed by atoms with Gasteiger partial charge in [-0.25, -0.2) is 4.98 Å². The topological polar surface area (TPSA) is 72.9 Å². The van der Waals surface area contributed by atoms with E-state index in [1.165, 1.54) is 0 Å². The van der Waals surface area contributed by atoms with Gasteiger partial charge in [0, 0.05) is 29.9 Å². The molecule has 1 aromatic carbocycles. The minimum Gasteiger partial charge on any atom is -0.351 e. The first-order valence-corrected chi connectivity index (χ1v) is 8.54. The Bertz CT molecular complexity index is 853. The van der Waals surface area contributed by atoms with Crippen molar-refractivity contribution in [1.82, 2.24) is 14.9 Å². The van der Waals surface area contributed by atoms with E-state index in [1.807, 2.05) is 25.2 Å². The van der Waals surface area contributed by atoms with E-state index in [1.54, 1.807) is 6.20 Å². The summed E-state index contributed by atoms with van der Waals surface area (Å²) in [6.45, 7) is 1.42. The molecule has 24 heavy (non-hydrogen) atoms. The van der Waals surface area contributed by atoms with Gasteiger partial charge < -0.3 is 15.6 Å². The molecule has 0 radical (unpaired) electrons. The van der Waals surface area contributed by atoms with Crippen molar-refractivity contribution < 1.29 is 4.79 Å². The summed E-state index contributed by atoms with van der Waals surface area (Å²) in [4.78, 5) is 16.7. The Morgan fingerprint density at radius 2 is 1.92 bits per heavy atom. The van der Waals surface area contributed by atoms with Crippen LogP contribution in [0.15, 0.2) is 36.5 Å². The molecule has 0 saturated heterocycles. The fourth-order valence-corrected chi connectivity index (χ4v) is 3.09. The van der Waals surface area contributed by atoms with Crippen LogP contribution < -0.4 is 11.1 Å².